The van der Waals surface area contributed by atoms with Gasteiger partial charge in [-0.3, -0.25) is 4.79 Å². The number of carbonyl (C=O) groups excluding carboxylic acids is 1. The van der Waals surface area contributed by atoms with Crippen molar-refractivity contribution in [3.63, 3.8) is 0 Å². The molecule has 1 aromatic carbocycles. The molecule has 2 rings (SSSR count). The molecule has 0 aromatic heterocycles. The van der Waals surface area contributed by atoms with Gasteiger partial charge in [0.1, 0.15) is 0 Å². The first-order chi connectivity index (χ1) is 11.7. The smallest absolute Gasteiger partial charge is 0.226 e. The molecule has 1 aliphatic carbocycles. The van der Waals surface area contributed by atoms with Crippen molar-refractivity contribution in [2.45, 2.75) is 44.9 Å². The summed E-state index contributed by atoms with van der Waals surface area (Å²) in [4.78, 5) is 14.1. The van der Waals surface area contributed by atoms with E-state index >= 15 is 0 Å². The summed E-state index contributed by atoms with van der Waals surface area (Å²) in [7, 11) is 0. The van der Waals surface area contributed by atoms with Gasteiger partial charge in [-0.25, -0.2) is 0 Å². The van der Waals surface area contributed by atoms with Crippen LogP contribution in [0.2, 0.25) is 0 Å². The number of thiocarbonyl (C=S) groups is 1. The fourth-order valence-corrected chi connectivity index (χ4v) is 3.43. The van der Waals surface area contributed by atoms with Gasteiger partial charge in [0, 0.05) is 19.5 Å². The van der Waals surface area contributed by atoms with Crippen molar-refractivity contribution < 1.29 is 4.79 Å². The number of carbonyl (C=O) groups is 1. The van der Waals surface area contributed by atoms with E-state index in [0.29, 0.717) is 37.0 Å². The predicted octanol–water partition coefficient (Wildman–Crippen LogP) is 3.43. The molecule has 1 aromatic rings. The van der Waals surface area contributed by atoms with Gasteiger partial charge >= 0.3 is 0 Å². The predicted molar refractivity (Wildman–Crippen MR) is 99.3 cm³/mol. The normalized spacial score (nSPS) is 14.1. The molecule has 24 heavy (non-hydrogen) atoms. The van der Waals surface area contributed by atoms with E-state index in [1.807, 2.05) is 23.1 Å². The Balaban J connectivity index is 1.84. The van der Waals surface area contributed by atoms with Crippen LogP contribution in [0.15, 0.2) is 30.3 Å². The van der Waals surface area contributed by atoms with E-state index in [1.165, 1.54) is 18.4 Å². The molecule has 1 aliphatic rings. The fraction of sp³-hybridized carbons (Fsp3) is 0.526. The zero-order valence-electron chi connectivity index (χ0n) is 14.0. The zero-order valence-corrected chi connectivity index (χ0v) is 14.9. The van der Waals surface area contributed by atoms with Crippen molar-refractivity contribution >= 4 is 23.2 Å². The molecule has 1 amide bonds. The molecule has 128 valence electrons. The lowest BCUT2D eigenvalue weighted by Gasteiger charge is -2.25. The SMILES string of the molecule is N#CCCN(CCc1ccccc1)C(=S)NC(=O)CC1CCCC1. The van der Waals surface area contributed by atoms with Gasteiger partial charge < -0.3 is 10.2 Å². The Bertz CT molecular complexity index is 576. The van der Waals surface area contributed by atoms with Crippen LogP contribution < -0.4 is 5.32 Å². The van der Waals surface area contributed by atoms with Gasteiger partial charge in [0.05, 0.1) is 12.5 Å². The van der Waals surface area contributed by atoms with Gasteiger partial charge in [0.2, 0.25) is 5.91 Å². The highest BCUT2D eigenvalue weighted by Gasteiger charge is 2.20. The minimum Gasteiger partial charge on any atom is -0.348 e. The molecule has 0 radical (unpaired) electrons. The van der Waals surface area contributed by atoms with E-state index in [-0.39, 0.29) is 5.91 Å². The number of amides is 1. The topological polar surface area (TPSA) is 56.1 Å². The van der Waals surface area contributed by atoms with E-state index in [9.17, 15) is 4.79 Å². The van der Waals surface area contributed by atoms with Gasteiger partial charge in [-0.05, 0) is 43.0 Å². The second-order valence-corrected chi connectivity index (χ2v) is 6.73. The summed E-state index contributed by atoms with van der Waals surface area (Å²) in [6.45, 7) is 1.25. The number of nitriles is 1. The molecule has 0 atom stereocenters. The zero-order chi connectivity index (χ0) is 17.2. The van der Waals surface area contributed by atoms with Crippen LogP contribution in [-0.2, 0) is 11.2 Å². The highest BCUT2D eigenvalue weighted by atomic mass is 32.1. The van der Waals surface area contributed by atoms with Crippen LogP contribution in [0.1, 0.15) is 44.1 Å². The van der Waals surface area contributed by atoms with Crippen molar-refractivity contribution in [3.05, 3.63) is 35.9 Å². The molecular weight excluding hydrogens is 318 g/mol. The molecular formula is C19H25N3OS. The fourth-order valence-electron chi connectivity index (χ4n) is 3.13. The van der Waals surface area contributed by atoms with Crippen LogP contribution >= 0.6 is 12.2 Å². The molecule has 0 unspecified atom stereocenters. The second kappa shape index (κ2) is 10.0. The molecule has 1 N–H and O–H groups in total. The van der Waals surface area contributed by atoms with Gasteiger partial charge in [-0.15, -0.1) is 0 Å². The molecule has 0 bridgehead atoms. The number of nitrogens with zero attached hydrogens (tertiary/aromatic N) is 2. The summed E-state index contributed by atoms with van der Waals surface area (Å²) in [6, 6.07) is 12.3. The Hall–Kier alpha value is -1.93. The van der Waals surface area contributed by atoms with Gasteiger partial charge in [-0.1, -0.05) is 43.2 Å². The first-order valence-corrected chi connectivity index (χ1v) is 9.09. The standard InChI is InChI=1S/C19H25N3OS/c20-12-6-13-22(14-11-16-7-2-1-3-8-16)19(24)21-18(23)15-17-9-4-5-10-17/h1-3,7-8,17H,4-6,9-11,13-15H2,(H,21,23,24). The van der Waals surface area contributed by atoms with Crippen LogP contribution in [0.25, 0.3) is 0 Å². The quantitative estimate of drug-likeness (QED) is 0.771. The van der Waals surface area contributed by atoms with E-state index in [1.54, 1.807) is 0 Å². The third-order valence-electron chi connectivity index (χ3n) is 4.49. The maximum Gasteiger partial charge on any atom is 0.226 e. The summed E-state index contributed by atoms with van der Waals surface area (Å²) in [6.07, 6.45) is 6.55. The second-order valence-electron chi connectivity index (χ2n) is 6.34. The van der Waals surface area contributed by atoms with Gasteiger partial charge in [-0.2, -0.15) is 5.26 Å². The lowest BCUT2D eigenvalue weighted by Crippen LogP contribution is -2.44. The molecule has 1 saturated carbocycles. The van der Waals surface area contributed by atoms with Crippen molar-refractivity contribution in [2.24, 2.45) is 5.92 Å². The van der Waals surface area contributed by atoms with Crippen molar-refractivity contribution in [1.29, 1.82) is 5.26 Å². The van der Waals surface area contributed by atoms with Crippen LogP contribution in [0.4, 0.5) is 0 Å². The minimum absolute atomic E-state index is 0.00793. The first kappa shape index (κ1) is 18.4. The summed E-state index contributed by atoms with van der Waals surface area (Å²) in [5.41, 5.74) is 1.22. The van der Waals surface area contributed by atoms with Crippen LogP contribution in [0, 0.1) is 17.2 Å². The Morgan fingerprint density at radius 3 is 2.62 bits per heavy atom. The van der Waals surface area contributed by atoms with E-state index in [4.69, 9.17) is 17.5 Å². The van der Waals surface area contributed by atoms with E-state index < -0.39 is 0 Å². The summed E-state index contributed by atoms with van der Waals surface area (Å²) < 4.78 is 0. The molecule has 0 heterocycles. The maximum atomic E-state index is 12.2. The lowest BCUT2D eigenvalue weighted by atomic mass is 10.0. The van der Waals surface area contributed by atoms with Crippen LogP contribution in [-0.4, -0.2) is 29.0 Å². The number of rotatable bonds is 7. The molecule has 0 spiro atoms. The monoisotopic (exact) mass is 343 g/mol. The Kier molecular flexibility index (Phi) is 7.70. The van der Waals surface area contributed by atoms with E-state index in [2.05, 4.69) is 23.5 Å². The van der Waals surface area contributed by atoms with Crippen LogP contribution in [0.3, 0.4) is 0 Å². The van der Waals surface area contributed by atoms with Crippen molar-refractivity contribution in [3.8, 4) is 6.07 Å². The first-order valence-electron chi connectivity index (χ1n) is 8.68. The molecule has 0 saturated heterocycles. The average Bonchev–Trinajstić information content (AvgIpc) is 3.08. The third kappa shape index (κ3) is 6.29. The maximum absolute atomic E-state index is 12.2. The Morgan fingerprint density at radius 1 is 1.25 bits per heavy atom. The lowest BCUT2D eigenvalue weighted by molar-refractivity contribution is -0.120. The van der Waals surface area contributed by atoms with Crippen molar-refractivity contribution in [1.82, 2.24) is 10.2 Å². The van der Waals surface area contributed by atoms with Gasteiger partial charge in [0.15, 0.2) is 5.11 Å². The van der Waals surface area contributed by atoms with Crippen molar-refractivity contribution in [2.75, 3.05) is 13.1 Å². The minimum atomic E-state index is 0.00793. The summed E-state index contributed by atoms with van der Waals surface area (Å²) in [5.74, 6) is 0.512. The van der Waals surface area contributed by atoms with Gasteiger partial charge in [0.25, 0.3) is 0 Å². The largest absolute Gasteiger partial charge is 0.348 e. The summed E-state index contributed by atoms with van der Waals surface area (Å²) in [5, 5.41) is 12.2. The Morgan fingerprint density at radius 2 is 1.96 bits per heavy atom. The molecule has 1 fully saturated rings. The van der Waals surface area contributed by atoms with E-state index in [0.717, 1.165) is 19.3 Å². The average molecular weight is 343 g/mol. The summed E-state index contributed by atoms with van der Waals surface area (Å²) >= 11 is 5.41. The highest BCUT2D eigenvalue weighted by molar-refractivity contribution is 7.80. The highest BCUT2D eigenvalue weighted by Crippen LogP contribution is 2.27. The number of hydrogen-bond donors (Lipinski definition) is 1. The Labute approximate surface area is 149 Å². The number of hydrogen-bond acceptors (Lipinski definition) is 3. The molecule has 5 heteroatoms. The molecule has 0 aliphatic heterocycles. The number of benzene rings is 1. The third-order valence-corrected chi connectivity index (χ3v) is 4.85. The number of nitrogens with one attached hydrogen (secondary N) is 1. The van der Waals surface area contributed by atoms with Crippen LogP contribution in [0.5, 0.6) is 0 Å². The molecule has 4 nitrogen and oxygen atoms in total.